The molecule has 0 amide bonds. The highest BCUT2D eigenvalue weighted by molar-refractivity contribution is 5.24. The molecule has 2 N–H and O–H groups in total. The van der Waals surface area contributed by atoms with Gasteiger partial charge in [0.05, 0.1) is 12.2 Å². The molecule has 170 valence electrons. The molecule has 1 saturated heterocycles. The summed E-state index contributed by atoms with van der Waals surface area (Å²) in [6, 6.07) is 8.34. The van der Waals surface area contributed by atoms with Crippen molar-refractivity contribution in [2.75, 3.05) is 19.6 Å². The molecule has 2 aliphatic carbocycles. The first-order valence-corrected chi connectivity index (χ1v) is 12.6. The number of unbranched alkanes of at least 4 members (excludes halogenated alkanes) is 1. The van der Waals surface area contributed by atoms with Crippen molar-refractivity contribution in [3.05, 3.63) is 59.2 Å². The van der Waals surface area contributed by atoms with Crippen molar-refractivity contribution < 1.29 is 10.2 Å². The van der Waals surface area contributed by atoms with Gasteiger partial charge in [-0.3, -0.25) is 0 Å². The Morgan fingerprint density at radius 1 is 1.16 bits per heavy atom. The fourth-order valence-corrected chi connectivity index (χ4v) is 6.07. The first-order valence-electron chi connectivity index (χ1n) is 12.6. The minimum Gasteiger partial charge on any atom is -0.392 e. The predicted octanol–water partition coefficient (Wildman–Crippen LogP) is 5.05. The zero-order valence-corrected chi connectivity index (χ0v) is 19.3. The summed E-state index contributed by atoms with van der Waals surface area (Å²) in [6.45, 7) is 5.95. The van der Waals surface area contributed by atoms with Crippen LogP contribution in [0, 0.1) is 24.7 Å². The molecular weight excluding hydrogens is 382 g/mol. The maximum Gasteiger partial charge on any atom is 0.0761 e. The van der Waals surface area contributed by atoms with E-state index in [1.807, 2.05) is 12.1 Å². The molecule has 2 fully saturated rings. The lowest BCUT2D eigenvalue weighted by atomic mass is 9.88. The Bertz CT molecular complexity index is 764. The van der Waals surface area contributed by atoms with Crippen molar-refractivity contribution in [1.82, 2.24) is 4.90 Å². The highest BCUT2D eigenvalue weighted by atomic mass is 16.3. The van der Waals surface area contributed by atoms with Gasteiger partial charge in [0, 0.05) is 12.3 Å². The largest absolute Gasteiger partial charge is 0.392 e. The van der Waals surface area contributed by atoms with E-state index >= 15 is 0 Å². The molecule has 4 rings (SSSR count). The van der Waals surface area contributed by atoms with Crippen molar-refractivity contribution in [1.29, 1.82) is 0 Å². The first-order chi connectivity index (χ1) is 15.1. The second-order valence-electron chi connectivity index (χ2n) is 10.2. The molecule has 1 saturated carbocycles. The second-order valence-corrected chi connectivity index (χ2v) is 10.2. The van der Waals surface area contributed by atoms with Crippen LogP contribution in [0.3, 0.4) is 0 Å². The number of nitrogens with zero attached hydrogens (tertiary/aromatic N) is 1. The van der Waals surface area contributed by atoms with Crippen LogP contribution < -0.4 is 0 Å². The van der Waals surface area contributed by atoms with Gasteiger partial charge < -0.3 is 15.1 Å². The summed E-state index contributed by atoms with van der Waals surface area (Å²) in [4.78, 5) is 2.64. The van der Waals surface area contributed by atoms with Gasteiger partial charge in [-0.1, -0.05) is 60.1 Å². The van der Waals surface area contributed by atoms with Crippen molar-refractivity contribution in [3.63, 3.8) is 0 Å². The normalized spacial score (nSPS) is 30.0. The van der Waals surface area contributed by atoms with E-state index in [0.717, 1.165) is 18.4 Å². The predicted molar refractivity (Wildman–Crippen MR) is 128 cm³/mol. The van der Waals surface area contributed by atoms with Gasteiger partial charge in [0.2, 0.25) is 0 Å². The summed E-state index contributed by atoms with van der Waals surface area (Å²) < 4.78 is 0. The Morgan fingerprint density at radius 3 is 2.81 bits per heavy atom. The summed E-state index contributed by atoms with van der Waals surface area (Å²) in [5, 5.41) is 21.1. The second kappa shape index (κ2) is 10.9. The molecule has 3 nitrogen and oxygen atoms in total. The summed E-state index contributed by atoms with van der Waals surface area (Å²) in [5.74, 6) is 1.23. The van der Waals surface area contributed by atoms with Gasteiger partial charge >= 0.3 is 0 Å². The molecular formula is C28H41NO2. The molecule has 1 aromatic carbocycles. The van der Waals surface area contributed by atoms with Gasteiger partial charge in [-0.15, -0.1) is 0 Å². The topological polar surface area (TPSA) is 43.7 Å². The van der Waals surface area contributed by atoms with Crippen molar-refractivity contribution in [2.24, 2.45) is 17.8 Å². The Labute approximate surface area is 188 Å². The van der Waals surface area contributed by atoms with Gasteiger partial charge in [0.25, 0.3) is 0 Å². The first kappa shape index (κ1) is 22.8. The fourth-order valence-electron chi connectivity index (χ4n) is 6.07. The lowest BCUT2D eigenvalue weighted by Crippen LogP contribution is -2.30. The van der Waals surface area contributed by atoms with Crippen LogP contribution in [0.1, 0.15) is 62.5 Å². The van der Waals surface area contributed by atoms with Gasteiger partial charge in [-0.05, 0) is 88.9 Å². The van der Waals surface area contributed by atoms with Crippen LogP contribution in [0.4, 0.5) is 0 Å². The van der Waals surface area contributed by atoms with Gasteiger partial charge in [0.15, 0.2) is 0 Å². The number of allylic oxidation sites excluding steroid dienone is 2. The number of hydrogen-bond donors (Lipinski definition) is 2. The molecule has 3 aliphatic rings. The summed E-state index contributed by atoms with van der Waals surface area (Å²) in [6.07, 6.45) is 16.4. The fraction of sp³-hybridized carbons (Fsp3) is 0.643. The van der Waals surface area contributed by atoms with E-state index < -0.39 is 6.10 Å². The quantitative estimate of drug-likeness (QED) is 0.431. The monoisotopic (exact) mass is 423 g/mol. The number of aryl methyl sites for hydroxylation is 1. The smallest absolute Gasteiger partial charge is 0.0761 e. The number of rotatable bonds is 9. The van der Waals surface area contributed by atoms with Gasteiger partial charge in [-0.2, -0.15) is 0 Å². The highest BCUT2D eigenvalue weighted by Crippen LogP contribution is 2.48. The van der Waals surface area contributed by atoms with E-state index in [9.17, 15) is 10.2 Å². The zero-order chi connectivity index (χ0) is 21.6. The minimum atomic E-state index is -0.489. The summed E-state index contributed by atoms with van der Waals surface area (Å²) in [5.41, 5.74) is 4.00. The third-order valence-corrected chi connectivity index (χ3v) is 7.70. The molecule has 5 atom stereocenters. The Morgan fingerprint density at radius 2 is 2.00 bits per heavy atom. The van der Waals surface area contributed by atoms with Gasteiger partial charge in [0.1, 0.15) is 0 Å². The standard InChI is InChI=1S/C28H41NO2/c1-21-8-7-10-22(16-21)18-25(30)11-12-26-27-19-23(17-24(27)20-28(26)31)9-3-6-15-29-13-4-2-5-14-29/h7-8,10-12,16-17,24-28,30-31H,2-6,9,13-15,18-20H2,1H3/b12-11+/t24-,25-,26+,27-,28+/m0/s1. The summed E-state index contributed by atoms with van der Waals surface area (Å²) >= 11 is 0. The number of benzene rings is 1. The number of aliphatic hydroxyl groups is 2. The molecule has 0 radical (unpaired) electrons. The zero-order valence-electron chi connectivity index (χ0n) is 19.3. The lowest BCUT2D eigenvalue weighted by Gasteiger charge is -2.26. The maximum absolute atomic E-state index is 10.6. The van der Waals surface area contributed by atoms with Crippen LogP contribution in [-0.2, 0) is 6.42 Å². The third-order valence-electron chi connectivity index (χ3n) is 7.70. The molecule has 0 bridgehead atoms. The molecule has 31 heavy (non-hydrogen) atoms. The van der Waals surface area contributed by atoms with E-state index in [0.29, 0.717) is 18.3 Å². The van der Waals surface area contributed by atoms with E-state index in [1.54, 1.807) is 5.57 Å². The molecule has 0 unspecified atom stereocenters. The van der Waals surface area contributed by atoms with Crippen molar-refractivity contribution in [3.8, 4) is 0 Å². The van der Waals surface area contributed by atoms with Crippen LogP contribution in [0.15, 0.2) is 48.1 Å². The maximum atomic E-state index is 10.6. The van der Waals surface area contributed by atoms with Crippen LogP contribution in [-0.4, -0.2) is 47.0 Å². The Hall–Kier alpha value is -1.42. The number of piperidine rings is 1. The highest BCUT2D eigenvalue weighted by Gasteiger charge is 2.43. The van der Waals surface area contributed by atoms with Crippen LogP contribution >= 0.6 is 0 Å². The molecule has 1 heterocycles. The minimum absolute atomic E-state index is 0.180. The number of aliphatic hydroxyl groups excluding tert-OH is 2. The van der Waals surface area contributed by atoms with E-state index in [4.69, 9.17) is 0 Å². The number of fused-ring (bicyclic) bond motifs is 1. The average Bonchev–Trinajstić information content (AvgIpc) is 3.27. The lowest BCUT2D eigenvalue weighted by molar-refractivity contribution is 0.140. The van der Waals surface area contributed by atoms with Crippen molar-refractivity contribution >= 4 is 0 Å². The molecule has 0 aromatic heterocycles. The van der Waals surface area contributed by atoms with Crippen LogP contribution in [0.5, 0.6) is 0 Å². The van der Waals surface area contributed by atoms with Crippen LogP contribution in [0.2, 0.25) is 0 Å². The van der Waals surface area contributed by atoms with E-state index in [-0.39, 0.29) is 12.0 Å². The molecule has 1 aromatic rings. The average molecular weight is 424 g/mol. The Balaban J connectivity index is 1.22. The van der Waals surface area contributed by atoms with Crippen LogP contribution in [0.25, 0.3) is 0 Å². The third kappa shape index (κ3) is 6.31. The molecule has 3 heteroatoms. The van der Waals surface area contributed by atoms with Crippen molar-refractivity contribution in [2.45, 2.75) is 76.9 Å². The number of hydrogen-bond acceptors (Lipinski definition) is 3. The van der Waals surface area contributed by atoms with E-state index in [2.05, 4.69) is 42.2 Å². The Kier molecular flexibility index (Phi) is 8.03. The molecule has 0 spiro atoms. The number of likely N-dealkylation sites (tertiary alicyclic amines) is 1. The summed E-state index contributed by atoms with van der Waals surface area (Å²) in [7, 11) is 0. The SMILES string of the molecule is Cc1cccc(C[C@@H](O)/C=C/[C@@H]2[C@H]3CC(CCCCN4CCCCC4)=C[C@H]3C[C@H]2O)c1. The molecule has 1 aliphatic heterocycles. The van der Waals surface area contributed by atoms with Gasteiger partial charge in [-0.25, -0.2) is 0 Å². The van der Waals surface area contributed by atoms with E-state index in [1.165, 1.54) is 63.7 Å².